The quantitative estimate of drug-likeness (QED) is 0.673. The van der Waals surface area contributed by atoms with Crippen LogP contribution in [0.5, 0.6) is 0 Å². The van der Waals surface area contributed by atoms with Crippen LogP contribution in [0.15, 0.2) is 11.1 Å². The number of ether oxygens (including phenoxy) is 1. The van der Waals surface area contributed by atoms with Crippen LogP contribution in [0.25, 0.3) is 0 Å². The molecule has 0 spiro atoms. The number of esters is 1. The summed E-state index contributed by atoms with van der Waals surface area (Å²) in [7, 11) is 0. The molecule has 0 amide bonds. The van der Waals surface area contributed by atoms with Crippen molar-refractivity contribution >= 4 is 11.8 Å². The van der Waals surface area contributed by atoms with Crippen LogP contribution in [0.4, 0.5) is 0 Å². The summed E-state index contributed by atoms with van der Waals surface area (Å²) in [6, 6.07) is 0. The average molecular weight is 264 g/mol. The van der Waals surface area contributed by atoms with Crippen molar-refractivity contribution in [1.29, 1.82) is 0 Å². The molecule has 1 saturated heterocycles. The molecule has 1 aliphatic heterocycles. The topological polar surface area (TPSA) is 63.6 Å². The minimum atomic E-state index is -0.646. The van der Waals surface area contributed by atoms with Gasteiger partial charge in [-0.2, -0.15) is 0 Å². The van der Waals surface area contributed by atoms with Gasteiger partial charge in [0.15, 0.2) is 5.78 Å². The lowest BCUT2D eigenvalue weighted by atomic mass is 9.80. The smallest absolute Gasteiger partial charge is 0.309 e. The highest BCUT2D eigenvalue weighted by Crippen LogP contribution is 2.48. The van der Waals surface area contributed by atoms with E-state index in [9.17, 15) is 14.7 Å². The lowest BCUT2D eigenvalue weighted by Crippen LogP contribution is -2.35. The number of hydrogen-bond donors (Lipinski definition) is 1. The Morgan fingerprint density at radius 2 is 1.95 bits per heavy atom. The van der Waals surface area contributed by atoms with Crippen LogP contribution >= 0.6 is 0 Å². The van der Waals surface area contributed by atoms with Crippen molar-refractivity contribution in [3.63, 3.8) is 0 Å². The fourth-order valence-electron chi connectivity index (χ4n) is 4.22. The third kappa shape index (κ3) is 1.69. The van der Waals surface area contributed by atoms with E-state index in [1.165, 1.54) is 0 Å². The normalized spacial score (nSPS) is 45.9. The maximum Gasteiger partial charge on any atom is 0.309 e. The maximum atomic E-state index is 11.9. The van der Waals surface area contributed by atoms with Crippen molar-refractivity contribution in [2.75, 3.05) is 0 Å². The van der Waals surface area contributed by atoms with Gasteiger partial charge in [0.2, 0.25) is 0 Å². The second-order valence-electron chi connectivity index (χ2n) is 6.28. The van der Waals surface area contributed by atoms with Crippen molar-refractivity contribution in [1.82, 2.24) is 0 Å². The second kappa shape index (κ2) is 4.17. The monoisotopic (exact) mass is 264 g/mol. The van der Waals surface area contributed by atoms with E-state index >= 15 is 0 Å². The molecule has 1 heterocycles. The number of hydrogen-bond acceptors (Lipinski definition) is 4. The number of allylic oxidation sites excluding steroid dienone is 1. The molecule has 104 valence electrons. The van der Waals surface area contributed by atoms with Crippen molar-refractivity contribution in [3.8, 4) is 0 Å². The third-order valence-electron chi connectivity index (χ3n) is 5.23. The van der Waals surface area contributed by atoms with Crippen LogP contribution in [-0.2, 0) is 14.3 Å². The zero-order chi connectivity index (χ0) is 13.9. The number of rotatable bonds is 0. The van der Waals surface area contributed by atoms with E-state index in [-0.39, 0.29) is 41.5 Å². The SMILES string of the molecule is CC1=C2[C@H](C)C[C@@H]3OC(=O)[C@H](C)[C@H]3[C@@H](O)[C@H]2CC1=O. The minimum Gasteiger partial charge on any atom is -0.462 e. The molecule has 1 saturated carbocycles. The molecule has 4 nitrogen and oxygen atoms in total. The van der Waals surface area contributed by atoms with E-state index in [4.69, 9.17) is 4.74 Å². The first-order valence-corrected chi connectivity index (χ1v) is 7.04. The Labute approximate surface area is 112 Å². The molecule has 6 atom stereocenters. The third-order valence-corrected chi connectivity index (χ3v) is 5.23. The summed E-state index contributed by atoms with van der Waals surface area (Å²) in [6.45, 7) is 5.74. The standard InChI is InChI=1S/C15H20O4/c1-6-4-11-13(8(3)15(18)19-11)14(17)9-5-10(16)7(2)12(6)9/h6,8-9,11,13-14,17H,4-5H2,1-3H3/t6-,8-,9+,11+,13-,14+/m1/s1. The van der Waals surface area contributed by atoms with Gasteiger partial charge >= 0.3 is 5.97 Å². The molecule has 3 aliphatic rings. The molecule has 2 fully saturated rings. The summed E-state index contributed by atoms with van der Waals surface area (Å²) in [5, 5.41) is 10.7. The Bertz CT molecular complexity index is 479. The summed E-state index contributed by atoms with van der Waals surface area (Å²) in [5.41, 5.74) is 1.91. The van der Waals surface area contributed by atoms with Crippen LogP contribution in [0.1, 0.15) is 33.6 Å². The van der Waals surface area contributed by atoms with Crippen LogP contribution < -0.4 is 0 Å². The number of aliphatic hydroxyl groups excluding tert-OH is 1. The number of ketones is 1. The number of aliphatic hydroxyl groups is 1. The first kappa shape index (κ1) is 12.9. The second-order valence-corrected chi connectivity index (χ2v) is 6.28. The Kier molecular flexibility index (Phi) is 2.82. The summed E-state index contributed by atoms with van der Waals surface area (Å²) in [5.74, 6) is -0.440. The molecule has 0 unspecified atom stereocenters. The highest BCUT2D eigenvalue weighted by Gasteiger charge is 2.53. The van der Waals surface area contributed by atoms with Crippen molar-refractivity contribution in [3.05, 3.63) is 11.1 Å². The van der Waals surface area contributed by atoms with Gasteiger partial charge in [-0.05, 0) is 24.8 Å². The summed E-state index contributed by atoms with van der Waals surface area (Å²) in [6.07, 6.45) is 0.256. The van der Waals surface area contributed by atoms with Gasteiger partial charge < -0.3 is 9.84 Å². The van der Waals surface area contributed by atoms with E-state index in [1.807, 2.05) is 13.8 Å². The zero-order valence-corrected chi connectivity index (χ0v) is 11.6. The molecule has 0 aromatic rings. The Morgan fingerprint density at radius 1 is 1.26 bits per heavy atom. The summed E-state index contributed by atoms with van der Waals surface area (Å²) < 4.78 is 5.42. The van der Waals surface area contributed by atoms with Crippen LogP contribution in [0.3, 0.4) is 0 Å². The maximum absolute atomic E-state index is 11.9. The fourth-order valence-corrected chi connectivity index (χ4v) is 4.22. The van der Waals surface area contributed by atoms with Gasteiger partial charge in [-0.1, -0.05) is 19.4 Å². The average Bonchev–Trinajstić information content (AvgIpc) is 2.75. The van der Waals surface area contributed by atoms with Crippen molar-refractivity contribution < 1.29 is 19.4 Å². The molecule has 4 heteroatoms. The molecule has 0 aromatic heterocycles. The predicted octanol–water partition coefficient (Wildman–Crippen LogP) is 1.47. The van der Waals surface area contributed by atoms with Gasteiger partial charge in [-0.25, -0.2) is 0 Å². The Balaban J connectivity index is 2.02. The lowest BCUT2D eigenvalue weighted by Gasteiger charge is -2.26. The number of carbonyl (C=O) groups is 2. The van der Waals surface area contributed by atoms with E-state index in [0.29, 0.717) is 12.8 Å². The molecule has 0 aromatic carbocycles. The van der Waals surface area contributed by atoms with Crippen LogP contribution in [0, 0.1) is 23.7 Å². The van der Waals surface area contributed by atoms with Gasteiger partial charge in [-0.15, -0.1) is 0 Å². The predicted molar refractivity (Wildman–Crippen MR) is 68.1 cm³/mol. The van der Waals surface area contributed by atoms with Crippen molar-refractivity contribution in [2.24, 2.45) is 23.7 Å². The van der Waals surface area contributed by atoms with Crippen LogP contribution in [-0.4, -0.2) is 29.1 Å². The van der Waals surface area contributed by atoms with E-state index in [0.717, 1.165) is 11.1 Å². The first-order chi connectivity index (χ1) is 8.91. The molecule has 0 bridgehead atoms. The highest BCUT2D eigenvalue weighted by atomic mass is 16.6. The van der Waals surface area contributed by atoms with Gasteiger partial charge in [0.1, 0.15) is 6.10 Å². The van der Waals surface area contributed by atoms with Gasteiger partial charge in [0.25, 0.3) is 0 Å². The van der Waals surface area contributed by atoms with Crippen molar-refractivity contribution in [2.45, 2.75) is 45.8 Å². The van der Waals surface area contributed by atoms with E-state index < -0.39 is 6.10 Å². The van der Waals surface area contributed by atoms with E-state index in [2.05, 4.69) is 6.92 Å². The largest absolute Gasteiger partial charge is 0.462 e. The number of fused-ring (bicyclic) bond motifs is 2. The molecule has 3 rings (SSSR count). The summed E-state index contributed by atoms with van der Waals surface area (Å²) >= 11 is 0. The first-order valence-electron chi connectivity index (χ1n) is 7.04. The molecule has 0 radical (unpaired) electrons. The summed E-state index contributed by atoms with van der Waals surface area (Å²) in [4.78, 5) is 23.6. The van der Waals surface area contributed by atoms with Crippen LogP contribution in [0.2, 0.25) is 0 Å². The van der Waals surface area contributed by atoms with Gasteiger partial charge in [0, 0.05) is 18.3 Å². The molecular formula is C15H20O4. The molecule has 19 heavy (non-hydrogen) atoms. The number of Topliss-reactive ketones (excluding diaryl/α,β-unsaturated/α-hetero) is 1. The highest BCUT2D eigenvalue weighted by molar-refractivity contribution is 5.98. The molecular weight excluding hydrogens is 244 g/mol. The van der Waals surface area contributed by atoms with E-state index in [1.54, 1.807) is 0 Å². The lowest BCUT2D eigenvalue weighted by molar-refractivity contribution is -0.144. The number of carbonyl (C=O) groups excluding carboxylic acids is 2. The fraction of sp³-hybridized carbons (Fsp3) is 0.733. The van der Waals surface area contributed by atoms with Gasteiger partial charge in [-0.3, -0.25) is 9.59 Å². The Morgan fingerprint density at radius 3 is 2.63 bits per heavy atom. The zero-order valence-electron chi connectivity index (χ0n) is 11.6. The Hall–Kier alpha value is -1.16. The van der Waals surface area contributed by atoms with Gasteiger partial charge in [0.05, 0.1) is 12.0 Å². The molecule has 2 aliphatic carbocycles. The minimum absolute atomic E-state index is 0.116. The molecule has 1 N–H and O–H groups in total.